The lowest BCUT2D eigenvalue weighted by atomic mass is 10.2. The Kier molecular flexibility index (Phi) is 6.02. The maximum Gasteiger partial charge on any atom is 0.254 e. The molecule has 0 saturated carbocycles. The molecule has 1 aromatic rings. The number of anilines is 1. The third-order valence-electron chi connectivity index (χ3n) is 2.32. The summed E-state index contributed by atoms with van der Waals surface area (Å²) < 4.78 is 5.36. The highest BCUT2D eigenvalue weighted by Gasteiger charge is 2.07. The van der Waals surface area contributed by atoms with Crippen molar-refractivity contribution in [3.8, 4) is 0 Å². The third kappa shape index (κ3) is 5.52. The van der Waals surface area contributed by atoms with E-state index in [2.05, 4.69) is 16.9 Å². The van der Waals surface area contributed by atoms with Crippen LogP contribution in [-0.2, 0) is 4.74 Å². The van der Waals surface area contributed by atoms with E-state index in [-0.39, 0.29) is 5.91 Å². The highest BCUT2D eigenvalue weighted by molar-refractivity contribution is 5.93. The first kappa shape index (κ1) is 15.2. The van der Waals surface area contributed by atoms with Crippen molar-refractivity contribution in [2.24, 2.45) is 0 Å². The fraction of sp³-hybridized carbons (Fsp3) is 0.429. The average molecular weight is 263 g/mol. The molecule has 0 radical (unpaired) electrons. The number of carbonyl (C=O) groups is 1. The maximum absolute atomic E-state index is 11.7. The zero-order valence-electron chi connectivity index (χ0n) is 11.8. The molecule has 0 saturated heterocycles. The summed E-state index contributed by atoms with van der Waals surface area (Å²) in [5, 5.41) is 3.12. The summed E-state index contributed by atoms with van der Waals surface area (Å²) in [6, 6.07) is 3.54. The normalized spacial score (nSPS) is 10.1. The van der Waals surface area contributed by atoms with E-state index in [4.69, 9.17) is 4.74 Å². The Morgan fingerprint density at radius 1 is 1.47 bits per heavy atom. The van der Waals surface area contributed by atoms with Crippen LogP contribution in [0.5, 0.6) is 0 Å². The first-order chi connectivity index (χ1) is 9.00. The molecule has 104 valence electrons. The monoisotopic (exact) mass is 263 g/mol. The lowest BCUT2D eigenvalue weighted by Crippen LogP contribution is -2.21. The van der Waals surface area contributed by atoms with Crippen molar-refractivity contribution in [1.82, 2.24) is 9.88 Å². The van der Waals surface area contributed by atoms with Crippen LogP contribution in [0.4, 0.5) is 5.82 Å². The van der Waals surface area contributed by atoms with Gasteiger partial charge in [-0.2, -0.15) is 0 Å². The Morgan fingerprint density at radius 2 is 2.21 bits per heavy atom. The molecule has 5 nitrogen and oxygen atoms in total. The maximum atomic E-state index is 11.7. The minimum Gasteiger partial charge on any atom is -0.375 e. The zero-order chi connectivity index (χ0) is 14.3. The molecule has 0 bridgehead atoms. The molecule has 0 atom stereocenters. The van der Waals surface area contributed by atoms with Gasteiger partial charge in [-0.25, -0.2) is 4.98 Å². The number of pyridine rings is 1. The number of hydrogen-bond donors (Lipinski definition) is 1. The molecule has 0 unspecified atom stereocenters. The van der Waals surface area contributed by atoms with Gasteiger partial charge in [-0.1, -0.05) is 12.2 Å². The van der Waals surface area contributed by atoms with Gasteiger partial charge in [0.15, 0.2) is 0 Å². The molecule has 1 heterocycles. The molecule has 0 spiro atoms. The molecule has 0 aliphatic carbocycles. The van der Waals surface area contributed by atoms with E-state index < -0.39 is 0 Å². The number of ether oxygens (including phenoxy) is 1. The summed E-state index contributed by atoms with van der Waals surface area (Å²) in [5.74, 6) is 0.679. The highest BCUT2D eigenvalue weighted by atomic mass is 16.5. The number of hydrogen-bond acceptors (Lipinski definition) is 4. The van der Waals surface area contributed by atoms with Gasteiger partial charge in [0.2, 0.25) is 0 Å². The van der Waals surface area contributed by atoms with Crippen LogP contribution in [0.3, 0.4) is 0 Å². The Balaban J connectivity index is 2.36. The first-order valence-electron chi connectivity index (χ1n) is 6.14. The summed E-state index contributed by atoms with van der Waals surface area (Å²) in [6.07, 6.45) is 1.57. The van der Waals surface area contributed by atoms with Crippen LogP contribution in [0.15, 0.2) is 30.5 Å². The largest absolute Gasteiger partial charge is 0.375 e. The molecule has 0 aromatic carbocycles. The number of rotatable bonds is 7. The summed E-state index contributed by atoms with van der Waals surface area (Å²) in [5.41, 5.74) is 1.58. The van der Waals surface area contributed by atoms with Gasteiger partial charge < -0.3 is 15.0 Å². The van der Waals surface area contributed by atoms with E-state index in [1.807, 2.05) is 6.92 Å². The third-order valence-corrected chi connectivity index (χ3v) is 2.32. The molecule has 0 aliphatic heterocycles. The van der Waals surface area contributed by atoms with E-state index >= 15 is 0 Å². The smallest absolute Gasteiger partial charge is 0.254 e. The lowest BCUT2D eigenvalue weighted by Gasteiger charge is -2.10. The molecular formula is C14H21N3O2. The predicted octanol–water partition coefficient (Wildman–Crippen LogP) is 1.79. The summed E-state index contributed by atoms with van der Waals surface area (Å²) >= 11 is 0. The van der Waals surface area contributed by atoms with Gasteiger partial charge in [0, 0.05) is 26.8 Å². The van der Waals surface area contributed by atoms with E-state index in [1.54, 1.807) is 32.4 Å². The van der Waals surface area contributed by atoms with Crippen molar-refractivity contribution >= 4 is 11.7 Å². The molecule has 0 fully saturated rings. The Bertz CT molecular complexity index is 427. The van der Waals surface area contributed by atoms with E-state index in [9.17, 15) is 4.79 Å². The fourth-order valence-electron chi connectivity index (χ4n) is 1.38. The van der Waals surface area contributed by atoms with Crippen molar-refractivity contribution in [2.75, 3.05) is 39.2 Å². The summed E-state index contributed by atoms with van der Waals surface area (Å²) in [4.78, 5) is 17.4. The van der Waals surface area contributed by atoms with Crippen LogP contribution in [0.25, 0.3) is 0 Å². The van der Waals surface area contributed by atoms with Crippen LogP contribution in [0, 0.1) is 0 Å². The van der Waals surface area contributed by atoms with Gasteiger partial charge in [0.1, 0.15) is 5.82 Å². The topological polar surface area (TPSA) is 54.5 Å². The predicted molar refractivity (Wildman–Crippen MR) is 76.4 cm³/mol. The molecule has 1 rings (SSSR count). The fourth-order valence-corrected chi connectivity index (χ4v) is 1.38. The lowest BCUT2D eigenvalue weighted by molar-refractivity contribution is 0.0827. The van der Waals surface area contributed by atoms with Crippen LogP contribution in [0.1, 0.15) is 17.3 Å². The van der Waals surface area contributed by atoms with E-state index in [0.29, 0.717) is 25.3 Å². The van der Waals surface area contributed by atoms with Crippen molar-refractivity contribution < 1.29 is 9.53 Å². The van der Waals surface area contributed by atoms with Gasteiger partial charge >= 0.3 is 0 Å². The second kappa shape index (κ2) is 7.53. The summed E-state index contributed by atoms with van der Waals surface area (Å²) in [6.45, 7) is 7.52. The number of nitrogens with one attached hydrogen (secondary N) is 1. The van der Waals surface area contributed by atoms with E-state index in [0.717, 1.165) is 11.4 Å². The van der Waals surface area contributed by atoms with Crippen molar-refractivity contribution in [1.29, 1.82) is 0 Å². The van der Waals surface area contributed by atoms with Crippen molar-refractivity contribution in [2.45, 2.75) is 6.92 Å². The number of aromatic nitrogens is 1. The molecule has 1 amide bonds. The van der Waals surface area contributed by atoms with Crippen molar-refractivity contribution in [3.63, 3.8) is 0 Å². The van der Waals surface area contributed by atoms with Gasteiger partial charge in [-0.3, -0.25) is 4.79 Å². The molecule has 1 N–H and O–H groups in total. The molecule has 0 aliphatic rings. The average Bonchev–Trinajstić information content (AvgIpc) is 2.37. The zero-order valence-corrected chi connectivity index (χ0v) is 11.8. The van der Waals surface area contributed by atoms with Gasteiger partial charge in [0.05, 0.1) is 18.8 Å². The Hall–Kier alpha value is -1.88. The second-order valence-corrected chi connectivity index (χ2v) is 4.57. The first-order valence-corrected chi connectivity index (χ1v) is 6.14. The van der Waals surface area contributed by atoms with Gasteiger partial charge in [-0.15, -0.1) is 0 Å². The van der Waals surface area contributed by atoms with Crippen LogP contribution in [-0.4, -0.2) is 49.6 Å². The number of carbonyl (C=O) groups excluding carboxylic acids is 1. The Morgan fingerprint density at radius 3 is 2.74 bits per heavy atom. The van der Waals surface area contributed by atoms with Crippen LogP contribution >= 0.6 is 0 Å². The van der Waals surface area contributed by atoms with Gasteiger partial charge in [-0.05, 0) is 19.1 Å². The van der Waals surface area contributed by atoms with Crippen LogP contribution < -0.4 is 5.32 Å². The minimum atomic E-state index is -0.0520. The molecular weight excluding hydrogens is 242 g/mol. The standard InChI is InChI=1S/C14H21N3O2/c1-11(2)10-19-8-7-15-13-6-5-12(9-16-13)14(18)17(3)4/h5-6,9H,1,7-8,10H2,2-4H3,(H,15,16). The molecule has 5 heteroatoms. The second-order valence-electron chi connectivity index (χ2n) is 4.57. The Labute approximate surface area is 114 Å². The number of nitrogens with zero attached hydrogens (tertiary/aromatic N) is 2. The van der Waals surface area contributed by atoms with Gasteiger partial charge in [0.25, 0.3) is 5.91 Å². The van der Waals surface area contributed by atoms with E-state index in [1.165, 1.54) is 4.90 Å². The highest BCUT2D eigenvalue weighted by Crippen LogP contribution is 2.06. The van der Waals surface area contributed by atoms with Crippen molar-refractivity contribution in [3.05, 3.63) is 36.0 Å². The summed E-state index contributed by atoms with van der Waals surface area (Å²) in [7, 11) is 3.43. The minimum absolute atomic E-state index is 0.0520. The number of amides is 1. The SMILES string of the molecule is C=C(C)COCCNc1ccc(C(=O)N(C)C)cn1. The molecule has 1 aromatic heterocycles. The quantitative estimate of drug-likeness (QED) is 0.602. The van der Waals surface area contributed by atoms with Crippen LogP contribution in [0.2, 0.25) is 0 Å². The molecule has 19 heavy (non-hydrogen) atoms.